The Hall–Kier alpha value is -2.07. The van der Waals surface area contributed by atoms with Gasteiger partial charge in [0.15, 0.2) is 0 Å². The first-order valence-electron chi connectivity index (χ1n) is 8.39. The summed E-state index contributed by atoms with van der Waals surface area (Å²) in [6.45, 7) is 1.91. The second-order valence-corrected chi connectivity index (χ2v) is 6.24. The minimum atomic E-state index is -0.286. The molecule has 0 radical (unpaired) electrons. The summed E-state index contributed by atoms with van der Waals surface area (Å²) in [5.74, 6) is 0.876. The van der Waals surface area contributed by atoms with Gasteiger partial charge in [-0.3, -0.25) is 10.1 Å². The molecule has 1 amide bonds. The SMILES string of the molecule is C[C@@H](N[C@@H](c1ccccc1)c1ccco1)C(=O)NC1CCCC1. The number of nitrogens with one attached hydrogen (secondary N) is 2. The largest absolute Gasteiger partial charge is 0.467 e. The van der Waals surface area contributed by atoms with Crippen molar-refractivity contribution in [3.63, 3.8) is 0 Å². The molecule has 4 nitrogen and oxygen atoms in total. The standard InChI is InChI=1S/C19H24N2O2/c1-14(19(22)21-16-10-5-6-11-16)20-18(17-12-7-13-23-17)15-8-3-2-4-9-15/h2-4,7-9,12-14,16,18,20H,5-6,10-11H2,1H3,(H,21,22)/t14-,18+/m1/s1. The first-order valence-corrected chi connectivity index (χ1v) is 8.39. The monoisotopic (exact) mass is 312 g/mol. The van der Waals surface area contributed by atoms with Crippen LogP contribution in [0.3, 0.4) is 0 Å². The number of furan rings is 1. The number of hydrogen-bond donors (Lipinski definition) is 2. The van der Waals surface area contributed by atoms with Crippen molar-refractivity contribution in [3.8, 4) is 0 Å². The van der Waals surface area contributed by atoms with Crippen LogP contribution in [-0.2, 0) is 4.79 Å². The molecule has 0 saturated heterocycles. The van der Waals surface area contributed by atoms with Gasteiger partial charge in [0.25, 0.3) is 0 Å². The molecule has 0 aliphatic heterocycles. The summed E-state index contributed by atoms with van der Waals surface area (Å²) in [6, 6.07) is 13.8. The van der Waals surface area contributed by atoms with E-state index in [9.17, 15) is 4.79 Å². The van der Waals surface area contributed by atoms with E-state index in [2.05, 4.69) is 10.6 Å². The quantitative estimate of drug-likeness (QED) is 0.859. The van der Waals surface area contributed by atoms with Crippen LogP contribution in [0.5, 0.6) is 0 Å². The van der Waals surface area contributed by atoms with Crippen LogP contribution in [0.15, 0.2) is 53.1 Å². The molecular weight excluding hydrogens is 288 g/mol. The minimum absolute atomic E-state index is 0.0596. The minimum Gasteiger partial charge on any atom is -0.467 e. The number of hydrogen-bond acceptors (Lipinski definition) is 3. The van der Waals surface area contributed by atoms with Gasteiger partial charge in [0.05, 0.1) is 18.3 Å². The number of carbonyl (C=O) groups is 1. The first-order chi connectivity index (χ1) is 11.2. The summed E-state index contributed by atoms with van der Waals surface area (Å²) in [5, 5.41) is 6.55. The van der Waals surface area contributed by atoms with Gasteiger partial charge in [-0.05, 0) is 37.5 Å². The molecule has 2 aromatic rings. The zero-order valence-electron chi connectivity index (χ0n) is 13.5. The summed E-state index contributed by atoms with van der Waals surface area (Å²) < 4.78 is 5.57. The van der Waals surface area contributed by atoms with Crippen LogP contribution in [0.4, 0.5) is 0 Å². The van der Waals surface area contributed by atoms with Crippen LogP contribution in [-0.4, -0.2) is 18.0 Å². The molecule has 0 spiro atoms. The summed E-state index contributed by atoms with van der Waals surface area (Å²) in [6.07, 6.45) is 6.28. The molecule has 1 fully saturated rings. The van der Waals surface area contributed by atoms with E-state index in [1.807, 2.05) is 49.4 Å². The highest BCUT2D eigenvalue weighted by atomic mass is 16.3. The fourth-order valence-electron chi connectivity index (χ4n) is 3.17. The Kier molecular flexibility index (Phi) is 5.13. The van der Waals surface area contributed by atoms with Crippen molar-refractivity contribution in [2.45, 2.75) is 50.7 Å². The zero-order valence-corrected chi connectivity index (χ0v) is 13.5. The van der Waals surface area contributed by atoms with E-state index in [0.717, 1.165) is 24.2 Å². The predicted molar refractivity (Wildman–Crippen MR) is 90.0 cm³/mol. The average molecular weight is 312 g/mol. The Labute approximate surface area is 137 Å². The first kappa shape index (κ1) is 15.8. The van der Waals surface area contributed by atoms with Gasteiger partial charge in [-0.2, -0.15) is 0 Å². The van der Waals surface area contributed by atoms with E-state index in [0.29, 0.717) is 6.04 Å². The van der Waals surface area contributed by atoms with Crippen molar-refractivity contribution in [3.05, 3.63) is 60.1 Å². The molecule has 0 bridgehead atoms. The highest BCUT2D eigenvalue weighted by Crippen LogP contribution is 2.23. The van der Waals surface area contributed by atoms with Gasteiger partial charge >= 0.3 is 0 Å². The Morgan fingerprint density at radius 1 is 1.13 bits per heavy atom. The maximum absolute atomic E-state index is 12.4. The number of carbonyl (C=O) groups excluding carboxylic acids is 1. The van der Waals surface area contributed by atoms with Gasteiger partial charge in [-0.1, -0.05) is 43.2 Å². The second-order valence-electron chi connectivity index (χ2n) is 6.24. The van der Waals surface area contributed by atoms with Crippen molar-refractivity contribution in [2.75, 3.05) is 0 Å². The van der Waals surface area contributed by atoms with Crippen molar-refractivity contribution < 1.29 is 9.21 Å². The number of amides is 1. The van der Waals surface area contributed by atoms with Crippen molar-refractivity contribution in [2.24, 2.45) is 0 Å². The van der Waals surface area contributed by atoms with Crippen LogP contribution in [0.25, 0.3) is 0 Å². The summed E-state index contributed by atoms with van der Waals surface area (Å²) in [7, 11) is 0. The maximum atomic E-state index is 12.4. The van der Waals surface area contributed by atoms with Gasteiger partial charge in [0.2, 0.25) is 5.91 Å². The van der Waals surface area contributed by atoms with E-state index in [4.69, 9.17) is 4.42 Å². The lowest BCUT2D eigenvalue weighted by Crippen LogP contribution is -2.46. The molecule has 2 N–H and O–H groups in total. The molecule has 122 valence electrons. The Morgan fingerprint density at radius 3 is 2.52 bits per heavy atom. The van der Waals surface area contributed by atoms with E-state index < -0.39 is 0 Å². The second kappa shape index (κ2) is 7.47. The summed E-state index contributed by atoms with van der Waals surface area (Å²) in [5.41, 5.74) is 1.09. The van der Waals surface area contributed by atoms with Gasteiger partial charge in [0, 0.05) is 6.04 Å². The molecule has 23 heavy (non-hydrogen) atoms. The Morgan fingerprint density at radius 2 is 1.87 bits per heavy atom. The van der Waals surface area contributed by atoms with Gasteiger partial charge in [0.1, 0.15) is 5.76 Å². The van der Waals surface area contributed by atoms with E-state index in [-0.39, 0.29) is 18.0 Å². The summed E-state index contributed by atoms with van der Waals surface area (Å²) >= 11 is 0. The molecule has 4 heteroatoms. The van der Waals surface area contributed by atoms with Gasteiger partial charge in [-0.25, -0.2) is 0 Å². The topological polar surface area (TPSA) is 54.3 Å². The lowest BCUT2D eigenvalue weighted by molar-refractivity contribution is -0.123. The summed E-state index contributed by atoms with van der Waals surface area (Å²) in [4.78, 5) is 12.4. The molecule has 3 rings (SSSR count). The Bertz CT molecular complexity index is 604. The third-order valence-electron chi connectivity index (χ3n) is 4.47. The van der Waals surface area contributed by atoms with Crippen LogP contribution in [0.2, 0.25) is 0 Å². The molecule has 1 heterocycles. The number of benzene rings is 1. The Balaban J connectivity index is 1.69. The average Bonchev–Trinajstić information content (AvgIpc) is 3.26. The predicted octanol–water partition coefficient (Wildman–Crippen LogP) is 3.41. The molecule has 1 aromatic carbocycles. The van der Waals surface area contributed by atoms with Gasteiger partial charge in [-0.15, -0.1) is 0 Å². The molecular formula is C19H24N2O2. The molecule has 0 unspecified atom stereocenters. The highest BCUT2D eigenvalue weighted by Gasteiger charge is 2.25. The van der Waals surface area contributed by atoms with E-state index in [1.54, 1.807) is 6.26 Å². The third kappa shape index (κ3) is 4.02. The zero-order chi connectivity index (χ0) is 16.1. The molecule has 1 aliphatic rings. The van der Waals surface area contributed by atoms with Crippen molar-refractivity contribution >= 4 is 5.91 Å². The lowest BCUT2D eigenvalue weighted by Gasteiger charge is -2.23. The fourth-order valence-corrected chi connectivity index (χ4v) is 3.17. The normalized spacial score (nSPS) is 17.8. The highest BCUT2D eigenvalue weighted by molar-refractivity contribution is 5.81. The van der Waals surface area contributed by atoms with Crippen LogP contribution < -0.4 is 10.6 Å². The maximum Gasteiger partial charge on any atom is 0.237 e. The van der Waals surface area contributed by atoms with Crippen molar-refractivity contribution in [1.82, 2.24) is 10.6 Å². The lowest BCUT2D eigenvalue weighted by atomic mass is 10.0. The van der Waals surface area contributed by atoms with Crippen LogP contribution in [0.1, 0.15) is 50.0 Å². The molecule has 1 aliphatic carbocycles. The molecule has 1 saturated carbocycles. The van der Waals surface area contributed by atoms with Crippen LogP contribution in [0, 0.1) is 0 Å². The number of rotatable bonds is 6. The van der Waals surface area contributed by atoms with Crippen LogP contribution >= 0.6 is 0 Å². The van der Waals surface area contributed by atoms with Gasteiger partial charge < -0.3 is 9.73 Å². The molecule has 1 aromatic heterocycles. The van der Waals surface area contributed by atoms with E-state index in [1.165, 1.54) is 12.8 Å². The van der Waals surface area contributed by atoms with E-state index >= 15 is 0 Å². The molecule has 2 atom stereocenters. The fraction of sp³-hybridized carbons (Fsp3) is 0.421. The smallest absolute Gasteiger partial charge is 0.237 e. The third-order valence-corrected chi connectivity index (χ3v) is 4.47. The van der Waals surface area contributed by atoms with Crippen molar-refractivity contribution in [1.29, 1.82) is 0 Å².